The van der Waals surface area contributed by atoms with E-state index < -0.39 is 27.8 Å². The third-order valence-electron chi connectivity index (χ3n) is 2.98. The van der Waals surface area contributed by atoms with Crippen LogP contribution in [0.25, 0.3) is 0 Å². The predicted molar refractivity (Wildman–Crippen MR) is 77.4 cm³/mol. The second-order valence-corrected chi connectivity index (χ2v) is 6.01. The highest BCUT2D eigenvalue weighted by Gasteiger charge is 2.22. The van der Waals surface area contributed by atoms with Crippen molar-refractivity contribution in [3.05, 3.63) is 71.3 Å². The smallest absolute Gasteiger partial charge is 0.269 e. The fourth-order valence-electron chi connectivity index (χ4n) is 2.02. The molecule has 0 amide bonds. The van der Waals surface area contributed by atoms with Crippen LogP contribution in [0.15, 0.2) is 54.6 Å². The molecule has 0 aromatic heterocycles. The lowest BCUT2D eigenvalue weighted by Crippen LogP contribution is -2.15. The summed E-state index contributed by atoms with van der Waals surface area (Å²) in [5.74, 6) is -1.28. The average Bonchev–Trinajstić information content (AvgIpc) is 2.45. The summed E-state index contributed by atoms with van der Waals surface area (Å²) in [6.45, 7) is 0. The summed E-state index contributed by atoms with van der Waals surface area (Å²) in [7, 11) is -4.26. The van der Waals surface area contributed by atoms with E-state index in [1.165, 1.54) is 12.1 Å². The Bertz CT molecular complexity index is 738. The summed E-state index contributed by atoms with van der Waals surface area (Å²) in [5, 5.41) is 10.1. The van der Waals surface area contributed by atoms with E-state index in [-0.39, 0.29) is 11.1 Å². The number of carbonyl (C=O) groups excluding carboxylic acids is 1. The van der Waals surface area contributed by atoms with Crippen LogP contribution in [0.1, 0.15) is 27.6 Å². The molecule has 0 radical (unpaired) electrons. The van der Waals surface area contributed by atoms with E-state index in [9.17, 15) is 18.3 Å². The lowest BCUT2D eigenvalue weighted by Gasteiger charge is -2.12. The summed E-state index contributed by atoms with van der Waals surface area (Å²) in [5.41, 5.74) is 0.649. The summed E-state index contributed by atoms with van der Waals surface area (Å²) in [4.78, 5) is 12.3. The number of rotatable bonds is 5. The Morgan fingerprint density at radius 3 is 2.19 bits per heavy atom. The van der Waals surface area contributed by atoms with Crippen molar-refractivity contribution in [2.75, 3.05) is 0 Å². The van der Waals surface area contributed by atoms with E-state index >= 15 is 0 Å². The van der Waals surface area contributed by atoms with Crippen molar-refractivity contribution in [1.82, 2.24) is 0 Å². The normalized spacial score (nSPS) is 12.9. The number of benzene rings is 2. The van der Waals surface area contributed by atoms with Gasteiger partial charge in [0.2, 0.25) is 0 Å². The molecule has 0 saturated carbocycles. The maximum atomic E-state index is 12.3. The van der Waals surface area contributed by atoms with E-state index in [0.29, 0.717) is 5.56 Å². The average molecular weight is 306 g/mol. The molecule has 0 spiro atoms. The maximum absolute atomic E-state index is 12.3. The van der Waals surface area contributed by atoms with Crippen LogP contribution in [0.5, 0.6) is 0 Å². The number of carbonyl (C=O) groups is 1. The van der Waals surface area contributed by atoms with Gasteiger partial charge in [-0.25, -0.2) is 0 Å². The van der Waals surface area contributed by atoms with Crippen LogP contribution in [0.2, 0.25) is 0 Å². The van der Waals surface area contributed by atoms with Gasteiger partial charge in [0.15, 0.2) is 5.78 Å². The maximum Gasteiger partial charge on any atom is 0.269 e. The Labute approximate surface area is 122 Å². The van der Waals surface area contributed by atoms with Gasteiger partial charge in [-0.15, -0.1) is 0 Å². The second-order valence-electron chi connectivity index (χ2n) is 4.56. The molecule has 0 aliphatic heterocycles. The zero-order valence-corrected chi connectivity index (χ0v) is 11.8. The molecule has 0 aliphatic carbocycles. The SMILES string of the molecule is O=C(c1ccccc1CS(=O)(=O)O)C(O)c1ccccc1. The van der Waals surface area contributed by atoms with Crippen molar-refractivity contribution in [2.45, 2.75) is 11.9 Å². The molecular weight excluding hydrogens is 292 g/mol. The molecule has 2 aromatic carbocycles. The standard InChI is InChI=1S/C15H14O5S/c16-14(11-6-2-1-3-7-11)15(17)13-9-5-4-8-12(13)10-21(18,19)20/h1-9,14,16H,10H2,(H,18,19,20). The first-order valence-corrected chi connectivity index (χ1v) is 7.80. The highest BCUT2D eigenvalue weighted by Crippen LogP contribution is 2.21. The van der Waals surface area contributed by atoms with Gasteiger partial charge in [0.05, 0.1) is 0 Å². The summed E-state index contributed by atoms with van der Waals surface area (Å²) in [6, 6.07) is 14.3. The van der Waals surface area contributed by atoms with Crippen LogP contribution in [-0.2, 0) is 15.9 Å². The Hall–Kier alpha value is -2.02. The molecule has 0 saturated heterocycles. The van der Waals surface area contributed by atoms with Crippen molar-refractivity contribution >= 4 is 15.9 Å². The van der Waals surface area contributed by atoms with E-state index in [0.717, 1.165) is 0 Å². The van der Waals surface area contributed by atoms with Crippen LogP contribution >= 0.6 is 0 Å². The summed E-state index contributed by atoms with van der Waals surface area (Å²) >= 11 is 0. The minimum Gasteiger partial charge on any atom is -0.380 e. The van der Waals surface area contributed by atoms with E-state index in [4.69, 9.17) is 4.55 Å². The molecule has 21 heavy (non-hydrogen) atoms. The van der Waals surface area contributed by atoms with Crippen LogP contribution < -0.4 is 0 Å². The summed E-state index contributed by atoms with van der Waals surface area (Å²) in [6.07, 6.45) is -1.38. The first-order chi connectivity index (χ1) is 9.88. The van der Waals surface area contributed by atoms with Crippen molar-refractivity contribution in [3.63, 3.8) is 0 Å². The molecule has 0 heterocycles. The van der Waals surface area contributed by atoms with Gasteiger partial charge in [-0.3, -0.25) is 9.35 Å². The zero-order chi connectivity index (χ0) is 15.5. The first-order valence-electron chi connectivity index (χ1n) is 6.19. The van der Waals surface area contributed by atoms with Gasteiger partial charge in [-0.1, -0.05) is 54.6 Å². The van der Waals surface area contributed by atoms with Gasteiger partial charge in [0.1, 0.15) is 11.9 Å². The molecule has 6 heteroatoms. The van der Waals surface area contributed by atoms with Gasteiger partial charge < -0.3 is 5.11 Å². The van der Waals surface area contributed by atoms with E-state index in [2.05, 4.69) is 0 Å². The number of aliphatic hydroxyl groups excluding tert-OH is 1. The third kappa shape index (κ3) is 3.98. The highest BCUT2D eigenvalue weighted by atomic mass is 32.2. The Kier molecular flexibility index (Phi) is 4.52. The Morgan fingerprint density at radius 1 is 1.00 bits per heavy atom. The monoisotopic (exact) mass is 306 g/mol. The van der Waals surface area contributed by atoms with Crippen LogP contribution in [-0.4, -0.2) is 23.9 Å². The van der Waals surface area contributed by atoms with Gasteiger partial charge in [0.25, 0.3) is 10.1 Å². The summed E-state index contributed by atoms with van der Waals surface area (Å²) < 4.78 is 30.9. The van der Waals surface area contributed by atoms with Crippen LogP contribution in [0, 0.1) is 0 Å². The molecule has 1 unspecified atom stereocenters. The molecule has 0 aliphatic rings. The van der Waals surface area contributed by atoms with E-state index in [1.807, 2.05) is 0 Å². The second kappa shape index (κ2) is 6.17. The molecule has 110 valence electrons. The van der Waals surface area contributed by atoms with Gasteiger partial charge >= 0.3 is 0 Å². The molecule has 0 fully saturated rings. The first kappa shape index (κ1) is 15.4. The molecule has 5 nitrogen and oxygen atoms in total. The zero-order valence-electron chi connectivity index (χ0n) is 11.0. The Morgan fingerprint density at radius 2 is 1.57 bits per heavy atom. The van der Waals surface area contributed by atoms with Gasteiger partial charge in [-0.2, -0.15) is 8.42 Å². The molecule has 1 atom stereocenters. The number of Topliss-reactive ketones (excluding diaryl/α,β-unsaturated/α-hetero) is 1. The molecule has 0 bridgehead atoms. The number of hydrogen-bond acceptors (Lipinski definition) is 4. The lowest BCUT2D eigenvalue weighted by atomic mass is 9.97. The highest BCUT2D eigenvalue weighted by molar-refractivity contribution is 7.85. The van der Waals surface area contributed by atoms with Crippen LogP contribution in [0.3, 0.4) is 0 Å². The third-order valence-corrected chi connectivity index (χ3v) is 3.66. The lowest BCUT2D eigenvalue weighted by molar-refractivity contribution is 0.0746. The number of ketones is 1. The van der Waals surface area contributed by atoms with E-state index in [1.54, 1.807) is 42.5 Å². The van der Waals surface area contributed by atoms with Crippen molar-refractivity contribution in [2.24, 2.45) is 0 Å². The quantitative estimate of drug-likeness (QED) is 0.651. The number of aliphatic hydroxyl groups is 1. The Balaban J connectivity index is 2.36. The van der Waals surface area contributed by atoms with Crippen LogP contribution in [0.4, 0.5) is 0 Å². The molecule has 2 rings (SSSR count). The fraction of sp³-hybridized carbons (Fsp3) is 0.133. The molecule has 2 N–H and O–H groups in total. The number of hydrogen-bond donors (Lipinski definition) is 2. The van der Waals surface area contributed by atoms with Crippen molar-refractivity contribution < 1.29 is 22.9 Å². The topological polar surface area (TPSA) is 91.7 Å². The minimum atomic E-state index is -4.26. The molecular formula is C15H14O5S. The molecule has 2 aromatic rings. The van der Waals surface area contributed by atoms with Gasteiger partial charge in [-0.05, 0) is 11.1 Å². The van der Waals surface area contributed by atoms with Gasteiger partial charge in [0, 0.05) is 5.56 Å². The van der Waals surface area contributed by atoms with Crippen molar-refractivity contribution in [1.29, 1.82) is 0 Å². The van der Waals surface area contributed by atoms with Crippen molar-refractivity contribution in [3.8, 4) is 0 Å². The predicted octanol–water partition coefficient (Wildman–Crippen LogP) is 1.99. The minimum absolute atomic E-state index is 0.0754. The largest absolute Gasteiger partial charge is 0.380 e. The fourth-order valence-corrected chi connectivity index (χ4v) is 2.66.